The number of aromatic nitrogens is 1. The molecule has 0 unspecified atom stereocenters. The molecular formula is C24H26BrFN4O5S. The number of amidine groups is 1. The predicted molar refractivity (Wildman–Crippen MR) is 135 cm³/mol. The summed E-state index contributed by atoms with van der Waals surface area (Å²) >= 11 is 4.77. The van der Waals surface area contributed by atoms with Gasteiger partial charge in [0.25, 0.3) is 0 Å². The molecule has 0 amide bonds. The Morgan fingerprint density at radius 2 is 2.19 bits per heavy atom. The number of morpholine rings is 1. The number of hydrogen-bond acceptors (Lipinski definition) is 9. The Labute approximate surface area is 220 Å². The molecular weight excluding hydrogens is 555 g/mol. The first-order chi connectivity index (χ1) is 17.1. The lowest BCUT2D eigenvalue weighted by Gasteiger charge is -2.42. The summed E-state index contributed by atoms with van der Waals surface area (Å²) in [4.78, 5) is 36.2. The summed E-state index contributed by atoms with van der Waals surface area (Å²) in [7, 11) is 0. The summed E-state index contributed by atoms with van der Waals surface area (Å²) in [5.41, 5.74) is 0.637. The Hall–Kier alpha value is -2.67. The number of carboxylic acids is 1. The van der Waals surface area contributed by atoms with Crippen molar-refractivity contribution in [3.63, 3.8) is 0 Å². The number of rotatable bonds is 7. The van der Waals surface area contributed by atoms with Crippen LogP contribution in [-0.4, -0.2) is 70.7 Å². The van der Waals surface area contributed by atoms with Crippen molar-refractivity contribution in [2.45, 2.75) is 38.5 Å². The van der Waals surface area contributed by atoms with Gasteiger partial charge in [0.1, 0.15) is 17.9 Å². The molecule has 0 saturated carbocycles. The zero-order chi connectivity index (χ0) is 26.0. The van der Waals surface area contributed by atoms with E-state index < -0.39 is 35.4 Å². The van der Waals surface area contributed by atoms with Crippen molar-refractivity contribution in [1.29, 1.82) is 0 Å². The molecule has 1 saturated heterocycles. The van der Waals surface area contributed by atoms with E-state index in [9.17, 15) is 19.1 Å². The molecule has 2 atom stereocenters. The Balaban J connectivity index is 1.85. The highest BCUT2D eigenvalue weighted by Gasteiger charge is 2.40. The molecule has 3 heterocycles. The quantitative estimate of drug-likeness (QED) is 0.478. The topological polar surface area (TPSA) is 113 Å². The van der Waals surface area contributed by atoms with Gasteiger partial charge >= 0.3 is 11.9 Å². The van der Waals surface area contributed by atoms with Crippen molar-refractivity contribution in [2.24, 2.45) is 4.99 Å². The molecule has 1 aromatic heterocycles. The van der Waals surface area contributed by atoms with Gasteiger partial charge in [-0.3, -0.25) is 14.7 Å². The zero-order valence-electron chi connectivity index (χ0n) is 20.0. The van der Waals surface area contributed by atoms with Crippen LogP contribution in [-0.2, 0) is 19.1 Å². The molecule has 2 N–H and O–H groups in total. The molecule has 1 aromatic carbocycles. The molecule has 2 aliphatic rings. The third-order valence-corrected chi connectivity index (χ3v) is 7.28. The normalized spacial score (nSPS) is 22.1. The van der Waals surface area contributed by atoms with E-state index >= 15 is 0 Å². The number of carboxylic acid groups (broad SMARTS) is 1. The van der Waals surface area contributed by atoms with Crippen LogP contribution in [0, 0.1) is 5.82 Å². The molecule has 2 aliphatic heterocycles. The second kappa shape index (κ2) is 10.8. The average molecular weight is 581 g/mol. The fourth-order valence-corrected chi connectivity index (χ4v) is 5.37. The maximum Gasteiger partial charge on any atom is 0.338 e. The smallest absolute Gasteiger partial charge is 0.338 e. The minimum atomic E-state index is -1.02. The minimum absolute atomic E-state index is 0.00468. The van der Waals surface area contributed by atoms with E-state index in [1.54, 1.807) is 29.5 Å². The maximum atomic E-state index is 13.9. The Morgan fingerprint density at radius 1 is 1.42 bits per heavy atom. The highest BCUT2D eigenvalue weighted by Crippen LogP contribution is 2.37. The molecule has 2 aromatic rings. The SMILES string of the molecule is CCOC(=O)C1=C(CN2CC(C)(C)OC[C@H]2C(=O)O)NC(c2nccs2)=N[C@H]1c1ccc(F)cc1Br. The number of aliphatic imine (C=N–C) groups is 1. The van der Waals surface area contributed by atoms with Crippen molar-refractivity contribution < 1.29 is 28.6 Å². The van der Waals surface area contributed by atoms with Gasteiger partial charge in [-0.05, 0) is 38.5 Å². The summed E-state index contributed by atoms with van der Waals surface area (Å²) in [5.74, 6) is -1.63. The molecule has 192 valence electrons. The fourth-order valence-electron chi connectivity index (χ4n) is 4.22. The Morgan fingerprint density at radius 3 is 2.83 bits per heavy atom. The van der Waals surface area contributed by atoms with E-state index in [0.29, 0.717) is 33.1 Å². The monoisotopic (exact) mass is 580 g/mol. The van der Waals surface area contributed by atoms with E-state index in [2.05, 4.69) is 26.2 Å². The van der Waals surface area contributed by atoms with Crippen molar-refractivity contribution in [3.05, 3.63) is 61.9 Å². The van der Waals surface area contributed by atoms with E-state index in [1.165, 1.54) is 23.5 Å². The van der Waals surface area contributed by atoms with Crippen LogP contribution in [0.2, 0.25) is 0 Å². The molecule has 12 heteroatoms. The number of halogens is 2. The lowest BCUT2D eigenvalue weighted by atomic mass is 9.94. The van der Waals surface area contributed by atoms with Crippen LogP contribution in [0.15, 0.2) is 50.5 Å². The summed E-state index contributed by atoms with van der Waals surface area (Å²) in [6, 6.07) is 2.42. The summed E-state index contributed by atoms with van der Waals surface area (Å²) in [6.07, 6.45) is 1.64. The predicted octanol–water partition coefficient (Wildman–Crippen LogP) is 3.52. The maximum absolute atomic E-state index is 13.9. The molecule has 4 rings (SSSR count). The number of thiazole rings is 1. The van der Waals surface area contributed by atoms with Crippen molar-refractivity contribution in [2.75, 3.05) is 26.3 Å². The number of carbonyl (C=O) groups is 2. The molecule has 0 radical (unpaired) electrons. The number of aliphatic carboxylic acids is 1. The van der Waals surface area contributed by atoms with Crippen LogP contribution in [0.3, 0.4) is 0 Å². The second-order valence-electron chi connectivity index (χ2n) is 8.95. The van der Waals surface area contributed by atoms with Crippen LogP contribution < -0.4 is 5.32 Å². The van der Waals surface area contributed by atoms with Crippen LogP contribution in [0.5, 0.6) is 0 Å². The number of benzene rings is 1. The van der Waals surface area contributed by atoms with Gasteiger partial charge in [-0.2, -0.15) is 0 Å². The summed E-state index contributed by atoms with van der Waals surface area (Å²) in [6.45, 7) is 6.02. The Bertz CT molecular complexity index is 1220. The van der Waals surface area contributed by atoms with E-state index in [1.807, 2.05) is 13.8 Å². The van der Waals surface area contributed by atoms with Crippen molar-refractivity contribution >= 4 is 45.0 Å². The second-order valence-corrected chi connectivity index (χ2v) is 10.7. The number of hydrogen-bond donors (Lipinski definition) is 2. The van der Waals surface area contributed by atoms with Crippen molar-refractivity contribution in [1.82, 2.24) is 15.2 Å². The lowest BCUT2D eigenvalue weighted by molar-refractivity contribution is -0.161. The first-order valence-corrected chi connectivity index (χ1v) is 13.0. The summed E-state index contributed by atoms with van der Waals surface area (Å²) < 4.78 is 25.5. The average Bonchev–Trinajstić information content (AvgIpc) is 3.33. The molecule has 0 bridgehead atoms. The highest BCUT2D eigenvalue weighted by atomic mass is 79.9. The van der Waals surface area contributed by atoms with Gasteiger partial charge in [-0.25, -0.2) is 14.2 Å². The minimum Gasteiger partial charge on any atom is -0.480 e. The van der Waals surface area contributed by atoms with Gasteiger partial charge in [0.2, 0.25) is 0 Å². The number of nitrogens with zero attached hydrogens (tertiary/aromatic N) is 3. The molecule has 9 nitrogen and oxygen atoms in total. The van der Waals surface area contributed by atoms with Crippen LogP contribution >= 0.6 is 27.3 Å². The Kier molecular flexibility index (Phi) is 7.88. The molecule has 0 aliphatic carbocycles. The third kappa shape index (κ3) is 5.66. The van der Waals surface area contributed by atoms with Crippen LogP contribution in [0.1, 0.15) is 37.4 Å². The van der Waals surface area contributed by atoms with Crippen LogP contribution in [0.25, 0.3) is 0 Å². The number of ether oxygens (including phenoxy) is 2. The third-order valence-electron chi connectivity index (χ3n) is 5.82. The number of carbonyl (C=O) groups excluding carboxylic acids is 1. The van der Waals surface area contributed by atoms with Gasteiger partial charge in [0.05, 0.1) is 24.4 Å². The fraction of sp³-hybridized carbons (Fsp3) is 0.417. The number of esters is 1. The van der Waals surface area contributed by atoms with Gasteiger partial charge in [0.15, 0.2) is 10.8 Å². The van der Waals surface area contributed by atoms with Crippen LogP contribution in [0.4, 0.5) is 4.39 Å². The van der Waals surface area contributed by atoms with Gasteiger partial charge in [0, 0.05) is 34.8 Å². The highest BCUT2D eigenvalue weighted by molar-refractivity contribution is 9.10. The first kappa shape index (κ1) is 26.4. The van der Waals surface area contributed by atoms with Gasteiger partial charge in [-0.15, -0.1) is 11.3 Å². The van der Waals surface area contributed by atoms with Gasteiger partial charge < -0.3 is 19.9 Å². The zero-order valence-corrected chi connectivity index (χ0v) is 22.4. The molecule has 1 fully saturated rings. The standard InChI is InChI=1S/C24H26BrFN4O5S/c1-4-34-23(33)18-16(10-30-12-24(2,3)35-11-17(30)22(31)32)28-20(21-27-7-8-36-21)29-19(18)14-6-5-13(26)9-15(14)25/h5-9,17,19H,4,10-12H2,1-3H3,(H,28,29)(H,31,32)/t17-,19-/m0/s1. The van der Waals surface area contributed by atoms with E-state index in [0.717, 1.165) is 0 Å². The largest absolute Gasteiger partial charge is 0.480 e. The summed E-state index contributed by atoms with van der Waals surface area (Å²) in [5, 5.41) is 15.5. The first-order valence-electron chi connectivity index (χ1n) is 11.3. The molecule has 36 heavy (non-hydrogen) atoms. The molecule has 0 spiro atoms. The van der Waals surface area contributed by atoms with Gasteiger partial charge in [-0.1, -0.05) is 22.0 Å². The lowest BCUT2D eigenvalue weighted by Crippen LogP contribution is -2.58. The van der Waals surface area contributed by atoms with Crippen molar-refractivity contribution in [3.8, 4) is 0 Å². The van der Waals surface area contributed by atoms with E-state index in [-0.39, 0.29) is 25.3 Å². The van der Waals surface area contributed by atoms with E-state index in [4.69, 9.17) is 14.5 Å². The number of nitrogens with one attached hydrogen (secondary N) is 1.